The van der Waals surface area contributed by atoms with Gasteiger partial charge < -0.3 is 9.84 Å². The van der Waals surface area contributed by atoms with Crippen LogP contribution in [0.2, 0.25) is 5.02 Å². The lowest BCUT2D eigenvalue weighted by atomic mass is 10.1. The minimum Gasteiger partial charge on any atom is -0.484 e. The molecule has 1 saturated heterocycles. The average molecular weight is 426 g/mol. The third-order valence-electron chi connectivity index (χ3n) is 5.44. The van der Waals surface area contributed by atoms with Crippen molar-refractivity contribution in [1.29, 1.82) is 0 Å². The van der Waals surface area contributed by atoms with E-state index in [0.717, 1.165) is 6.26 Å². The molecule has 3 atom stereocenters. The number of aliphatic hydroxyl groups excluding tert-OH is 1. The van der Waals surface area contributed by atoms with Gasteiger partial charge >= 0.3 is 0 Å². The second-order valence-electron chi connectivity index (χ2n) is 7.45. The number of fused-ring (bicyclic) bond motifs is 1. The van der Waals surface area contributed by atoms with Gasteiger partial charge in [-0.05, 0) is 54.8 Å². The largest absolute Gasteiger partial charge is 0.484 e. The average Bonchev–Trinajstić information content (AvgIpc) is 3.19. The predicted molar refractivity (Wildman–Crippen MR) is 104 cm³/mol. The molecule has 1 N–H and O–H groups in total. The summed E-state index contributed by atoms with van der Waals surface area (Å²) in [7, 11) is -3.30. The molecule has 2 aromatic rings. The quantitative estimate of drug-likeness (QED) is 0.815. The molecule has 8 heteroatoms. The van der Waals surface area contributed by atoms with Crippen molar-refractivity contribution in [3.63, 3.8) is 0 Å². The van der Waals surface area contributed by atoms with Gasteiger partial charge in [0.05, 0.1) is 17.0 Å². The van der Waals surface area contributed by atoms with Crippen molar-refractivity contribution in [2.75, 3.05) is 19.3 Å². The van der Waals surface area contributed by atoms with Crippen LogP contribution in [0.25, 0.3) is 0 Å². The predicted octanol–water partition coefficient (Wildman–Crippen LogP) is 2.99. The maximum absolute atomic E-state index is 14.5. The third kappa shape index (κ3) is 3.76. The minimum absolute atomic E-state index is 0.130. The molecule has 1 heterocycles. The molecule has 150 valence electrons. The van der Waals surface area contributed by atoms with Crippen molar-refractivity contribution in [3.8, 4) is 5.75 Å². The Labute approximate surface area is 168 Å². The number of halogens is 2. The van der Waals surface area contributed by atoms with Crippen molar-refractivity contribution in [3.05, 3.63) is 58.4 Å². The van der Waals surface area contributed by atoms with Gasteiger partial charge in [0.2, 0.25) is 0 Å². The van der Waals surface area contributed by atoms with Crippen LogP contribution >= 0.6 is 11.6 Å². The number of aliphatic hydroxyl groups is 1. The highest BCUT2D eigenvalue weighted by Crippen LogP contribution is 2.41. The molecule has 0 saturated carbocycles. The second-order valence-corrected chi connectivity index (χ2v) is 9.90. The van der Waals surface area contributed by atoms with E-state index in [4.69, 9.17) is 16.3 Å². The van der Waals surface area contributed by atoms with Gasteiger partial charge in [-0.2, -0.15) is 0 Å². The van der Waals surface area contributed by atoms with Crippen LogP contribution < -0.4 is 4.74 Å². The molecular weight excluding hydrogens is 405 g/mol. The van der Waals surface area contributed by atoms with Crippen LogP contribution in [0.15, 0.2) is 41.3 Å². The molecule has 0 bridgehead atoms. The number of nitrogens with zero attached hydrogens (tertiary/aromatic N) is 1. The molecule has 1 aliphatic carbocycles. The Kier molecular flexibility index (Phi) is 5.12. The summed E-state index contributed by atoms with van der Waals surface area (Å²) in [5, 5.41) is 10.2. The highest BCUT2D eigenvalue weighted by Gasteiger charge is 2.42. The molecule has 1 unspecified atom stereocenters. The van der Waals surface area contributed by atoms with Gasteiger partial charge in [0.1, 0.15) is 17.7 Å². The van der Waals surface area contributed by atoms with Crippen LogP contribution in [0.1, 0.15) is 23.7 Å². The number of rotatable bonds is 4. The van der Waals surface area contributed by atoms with E-state index >= 15 is 0 Å². The fourth-order valence-electron chi connectivity index (χ4n) is 4.06. The summed E-state index contributed by atoms with van der Waals surface area (Å²) < 4.78 is 44.0. The smallest absolute Gasteiger partial charge is 0.175 e. The van der Waals surface area contributed by atoms with E-state index in [1.54, 1.807) is 18.2 Å². The summed E-state index contributed by atoms with van der Waals surface area (Å²) >= 11 is 6.08. The topological polar surface area (TPSA) is 66.8 Å². The Hall–Kier alpha value is -1.67. The summed E-state index contributed by atoms with van der Waals surface area (Å²) in [6.07, 6.45) is 1.43. The van der Waals surface area contributed by atoms with Crippen molar-refractivity contribution in [1.82, 2.24) is 4.90 Å². The maximum Gasteiger partial charge on any atom is 0.175 e. The molecule has 1 fully saturated rings. The number of hydrogen-bond donors (Lipinski definition) is 1. The third-order valence-corrected chi connectivity index (χ3v) is 6.79. The molecule has 1 aliphatic heterocycles. The fourth-order valence-corrected chi connectivity index (χ4v) is 4.90. The van der Waals surface area contributed by atoms with Gasteiger partial charge in [-0.1, -0.05) is 11.6 Å². The van der Waals surface area contributed by atoms with E-state index in [0.29, 0.717) is 47.8 Å². The lowest BCUT2D eigenvalue weighted by Gasteiger charge is -2.30. The highest BCUT2D eigenvalue weighted by atomic mass is 35.5. The first kappa shape index (κ1) is 19.6. The van der Waals surface area contributed by atoms with Crippen LogP contribution in [0.3, 0.4) is 0 Å². The van der Waals surface area contributed by atoms with Gasteiger partial charge in [0.25, 0.3) is 0 Å². The Morgan fingerprint density at radius 2 is 1.96 bits per heavy atom. The molecular formula is C20H21ClFNO4S. The number of likely N-dealkylation sites (tertiary alicyclic amines) is 1. The van der Waals surface area contributed by atoms with Crippen molar-refractivity contribution >= 4 is 21.4 Å². The van der Waals surface area contributed by atoms with Gasteiger partial charge in [-0.15, -0.1) is 0 Å². The zero-order valence-electron chi connectivity index (χ0n) is 15.3. The molecule has 0 amide bonds. The molecule has 4 rings (SSSR count). The SMILES string of the molecule is CS(=O)(=O)c1ccc(O[C@H]2c3cc(Cl)cc(F)c3C[C@@H]2N2CCC(O)C2)cc1. The van der Waals surface area contributed by atoms with Crippen molar-refractivity contribution < 1.29 is 22.7 Å². The molecule has 5 nitrogen and oxygen atoms in total. The van der Waals surface area contributed by atoms with Crippen LogP contribution in [0.5, 0.6) is 5.75 Å². The summed E-state index contributed by atoms with van der Waals surface area (Å²) in [5.41, 5.74) is 1.28. The first-order valence-electron chi connectivity index (χ1n) is 9.09. The molecule has 0 aromatic heterocycles. The first-order chi connectivity index (χ1) is 13.2. The standard InChI is InChI=1S/C20H21ClFNO4S/c1-28(25,26)15-4-2-14(3-5-15)27-20-17-8-12(21)9-18(22)16(17)10-19(20)23-7-6-13(24)11-23/h2-5,8-9,13,19-20,24H,6-7,10-11H2,1H3/t13?,19-,20-/m0/s1. The van der Waals surface area contributed by atoms with Crippen molar-refractivity contribution in [2.45, 2.75) is 36.0 Å². The Balaban J connectivity index is 1.67. The Bertz CT molecular complexity index is 996. The molecule has 0 radical (unpaired) electrons. The normalized spacial score (nSPS) is 25.1. The number of benzene rings is 2. The number of β-amino-alcohol motifs (C(OH)–C–C–N with tert-alkyl or cyclic N) is 1. The van der Waals surface area contributed by atoms with E-state index in [1.807, 2.05) is 0 Å². The van der Waals surface area contributed by atoms with Gasteiger partial charge in [-0.3, -0.25) is 4.90 Å². The monoisotopic (exact) mass is 425 g/mol. The summed E-state index contributed by atoms with van der Waals surface area (Å²) in [4.78, 5) is 2.33. The van der Waals surface area contributed by atoms with Crippen LogP contribution in [-0.2, 0) is 16.3 Å². The van der Waals surface area contributed by atoms with Crippen LogP contribution in [0, 0.1) is 5.82 Å². The molecule has 28 heavy (non-hydrogen) atoms. The van der Waals surface area contributed by atoms with E-state index in [1.165, 1.54) is 18.2 Å². The number of hydrogen-bond acceptors (Lipinski definition) is 5. The lowest BCUT2D eigenvalue weighted by molar-refractivity contribution is 0.0818. The van der Waals surface area contributed by atoms with Gasteiger partial charge in [-0.25, -0.2) is 12.8 Å². The Morgan fingerprint density at radius 1 is 1.25 bits per heavy atom. The van der Waals surface area contributed by atoms with Crippen LogP contribution in [0.4, 0.5) is 4.39 Å². The van der Waals surface area contributed by atoms with E-state index in [2.05, 4.69) is 4.90 Å². The van der Waals surface area contributed by atoms with Gasteiger partial charge in [0, 0.05) is 29.9 Å². The van der Waals surface area contributed by atoms with E-state index < -0.39 is 22.0 Å². The number of ether oxygens (including phenoxy) is 1. The Morgan fingerprint density at radius 3 is 2.57 bits per heavy atom. The fraction of sp³-hybridized carbons (Fsp3) is 0.400. The first-order valence-corrected chi connectivity index (χ1v) is 11.4. The molecule has 0 spiro atoms. The number of sulfone groups is 1. The summed E-state index contributed by atoms with van der Waals surface area (Å²) in [6.45, 7) is 1.23. The summed E-state index contributed by atoms with van der Waals surface area (Å²) in [6, 6.07) is 9.09. The minimum atomic E-state index is -3.30. The maximum atomic E-state index is 14.5. The summed E-state index contributed by atoms with van der Waals surface area (Å²) in [5.74, 6) is 0.140. The van der Waals surface area contributed by atoms with Crippen molar-refractivity contribution in [2.24, 2.45) is 0 Å². The lowest BCUT2D eigenvalue weighted by Crippen LogP contribution is -2.39. The second kappa shape index (κ2) is 7.30. The van der Waals surface area contributed by atoms with Gasteiger partial charge in [0.15, 0.2) is 9.84 Å². The highest BCUT2D eigenvalue weighted by molar-refractivity contribution is 7.90. The molecule has 2 aliphatic rings. The zero-order valence-corrected chi connectivity index (χ0v) is 16.9. The zero-order chi connectivity index (χ0) is 20.1. The van der Waals surface area contributed by atoms with Crippen LogP contribution in [-0.4, -0.2) is 49.9 Å². The van der Waals surface area contributed by atoms with E-state index in [9.17, 15) is 17.9 Å². The molecule has 2 aromatic carbocycles. The van der Waals surface area contributed by atoms with E-state index in [-0.39, 0.29) is 16.8 Å².